The first-order valence-corrected chi connectivity index (χ1v) is 13.2. The fourth-order valence-corrected chi connectivity index (χ4v) is 5.79. The van der Waals surface area contributed by atoms with Gasteiger partial charge in [-0.05, 0) is 42.5 Å². The molecule has 0 saturated carbocycles. The van der Waals surface area contributed by atoms with E-state index in [4.69, 9.17) is 12.2 Å². The Hall–Kier alpha value is -1.95. The molecule has 3 rings (SSSR count). The largest absolute Gasteiger partial charge is 0.372 e. The van der Waals surface area contributed by atoms with Gasteiger partial charge in [-0.25, -0.2) is 0 Å². The Morgan fingerprint density at radius 1 is 1.28 bits per heavy atom. The maximum absolute atomic E-state index is 12.7. The number of anilines is 1. The second kappa shape index (κ2) is 10.8. The molecule has 2 heterocycles. The minimum atomic E-state index is -4.59. The third kappa shape index (κ3) is 6.09. The predicted octanol–water partition coefficient (Wildman–Crippen LogP) is 2.86. The Bertz CT molecular complexity index is 986. The third-order valence-electron chi connectivity index (χ3n) is 5.70. The molecule has 2 aliphatic rings. The summed E-state index contributed by atoms with van der Waals surface area (Å²) >= 11 is 6.25. The number of piperidine rings is 1. The van der Waals surface area contributed by atoms with Crippen LogP contribution >= 0.6 is 24.0 Å². The van der Waals surface area contributed by atoms with E-state index in [0.717, 1.165) is 46.9 Å². The summed E-state index contributed by atoms with van der Waals surface area (Å²) in [5, 5.41) is 0.346. The summed E-state index contributed by atoms with van der Waals surface area (Å²) in [5.74, 6) is 0.350. The molecule has 0 bridgehead atoms. The molecule has 2 N–H and O–H groups in total. The highest BCUT2D eigenvalue weighted by Gasteiger charge is 2.36. The molecule has 2 amide bonds. The van der Waals surface area contributed by atoms with Crippen molar-refractivity contribution in [1.82, 2.24) is 10.2 Å². The number of nitrogens with zero attached hydrogens (tertiary/aromatic N) is 2. The van der Waals surface area contributed by atoms with E-state index in [2.05, 4.69) is 11.8 Å². The highest BCUT2D eigenvalue weighted by molar-refractivity contribution is 8.26. The van der Waals surface area contributed by atoms with E-state index in [0.29, 0.717) is 4.91 Å². The summed E-state index contributed by atoms with van der Waals surface area (Å²) in [4.78, 5) is 27.2. The summed E-state index contributed by atoms with van der Waals surface area (Å²) in [7, 11) is -4.59. The van der Waals surface area contributed by atoms with Crippen molar-refractivity contribution in [3.05, 3.63) is 34.7 Å². The van der Waals surface area contributed by atoms with Crippen molar-refractivity contribution in [2.24, 2.45) is 5.92 Å². The fraction of sp³-hybridized carbons (Fsp3) is 0.476. The van der Waals surface area contributed by atoms with Gasteiger partial charge in [-0.1, -0.05) is 55.9 Å². The van der Waals surface area contributed by atoms with Crippen LogP contribution in [-0.2, 0) is 19.7 Å². The number of amides is 2. The summed E-state index contributed by atoms with van der Waals surface area (Å²) in [6, 6.07) is 7.95. The lowest BCUT2D eigenvalue weighted by Crippen LogP contribution is -2.46. The minimum absolute atomic E-state index is 0.153. The SMILES string of the molecule is CCCC1CCN(c2ccc(C=C3SC(=S)N(CC(NC=O)S(=O)(=O)O)C3=O)cc2)CC1. The number of carbonyl (C=O) groups excluding carboxylic acids is 2. The van der Waals surface area contributed by atoms with Gasteiger partial charge in [0.2, 0.25) is 6.41 Å². The van der Waals surface area contributed by atoms with E-state index >= 15 is 0 Å². The number of rotatable bonds is 9. The summed E-state index contributed by atoms with van der Waals surface area (Å²) in [5.41, 5.74) is 1.98. The van der Waals surface area contributed by atoms with Crippen LogP contribution < -0.4 is 10.2 Å². The van der Waals surface area contributed by atoms with Crippen LogP contribution in [0.4, 0.5) is 5.69 Å². The molecular weight excluding hydrogens is 470 g/mol. The van der Waals surface area contributed by atoms with Crippen LogP contribution in [0.1, 0.15) is 38.2 Å². The van der Waals surface area contributed by atoms with Crippen LogP contribution in [0.5, 0.6) is 0 Å². The van der Waals surface area contributed by atoms with Gasteiger partial charge in [-0.3, -0.25) is 19.0 Å². The Morgan fingerprint density at radius 2 is 1.94 bits per heavy atom. The molecule has 1 atom stereocenters. The average Bonchev–Trinajstić information content (AvgIpc) is 3.01. The predicted molar refractivity (Wildman–Crippen MR) is 131 cm³/mol. The molecule has 8 nitrogen and oxygen atoms in total. The van der Waals surface area contributed by atoms with Gasteiger partial charge < -0.3 is 10.2 Å². The Kier molecular flexibility index (Phi) is 8.32. The maximum Gasteiger partial charge on any atom is 0.288 e. The van der Waals surface area contributed by atoms with Crippen LogP contribution in [0.25, 0.3) is 6.08 Å². The number of hydrogen-bond donors (Lipinski definition) is 2. The molecule has 2 fully saturated rings. The number of carbonyl (C=O) groups is 2. The first-order valence-electron chi connectivity index (χ1n) is 10.5. The summed E-state index contributed by atoms with van der Waals surface area (Å²) in [6.07, 6.45) is 6.80. The van der Waals surface area contributed by atoms with Crippen LogP contribution in [0.3, 0.4) is 0 Å². The molecule has 2 saturated heterocycles. The molecule has 32 heavy (non-hydrogen) atoms. The quantitative estimate of drug-likeness (QED) is 0.232. The lowest BCUT2D eigenvalue weighted by atomic mass is 9.92. The van der Waals surface area contributed by atoms with E-state index in [1.54, 1.807) is 6.08 Å². The van der Waals surface area contributed by atoms with Crippen LogP contribution in [-0.4, -0.2) is 59.5 Å². The Balaban J connectivity index is 1.66. The zero-order valence-electron chi connectivity index (χ0n) is 17.8. The molecule has 1 aromatic rings. The van der Waals surface area contributed by atoms with Gasteiger partial charge in [0.05, 0.1) is 11.4 Å². The molecule has 0 radical (unpaired) electrons. The number of benzene rings is 1. The molecule has 1 unspecified atom stereocenters. The highest BCUT2D eigenvalue weighted by atomic mass is 32.2. The van der Waals surface area contributed by atoms with Gasteiger partial charge in [0.15, 0.2) is 5.37 Å². The van der Waals surface area contributed by atoms with E-state index < -0.39 is 27.9 Å². The van der Waals surface area contributed by atoms with Gasteiger partial charge in [-0.2, -0.15) is 8.42 Å². The van der Waals surface area contributed by atoms with Crippen molar-refractivity contribution in [1.29, 1.82) is 0 Å². The number of nitrogens with one attached hydrogen (secondary N) is 1. The Labute approximate surface area is 198 Å². The Morgan fingerprint density at radius 3 is 2.50 bits per heavy atom. The van der Waals surface area contributed by atoms with Gasteiger partial charge in [0.1, 0.15) is 4.32 Å². The second-order valence-corrected chi connectivity index (χ2v) is 11.2. The molecular formula is C21H27N3O5S3. The van der Waals surface area contributed by atoms with Gasteiger partial charge in [0, 0.05) is 18.8 Å². The summed E-state index contributed by atoms with van der Waals surface area (Å²) < 4.78 is 32.3. The normalized spacial score (nSPS) is 20.1. The van der Waals surface area contributed by atoms with Crippen molar-refractivity contribution in [2.45, 2.75) is 38.0 Å². The van der Waals surface area contributed by atoms with Crippen LogP contribution in [0.2, 0.25) is 0 Å². The molecule has 1 aromatic carbocycles. The summed E-state index contributed by atoms with van der Waals surface area (Å²) in [6.45, 7) is 3.86. The van der Waals surface area contributed by atoms with Gasteiger partial charge >= 0.3 is 0 Å². The molecule has 0 aromatic heterocycles. The first-order chi connectivity index (χ1) is 15.2. The zero-order chi connectivity index (χ0) is 23.3. The van der Waals surface area contributed by atoms with Crippen LogP contribution in [0.15, 0.2) is 29.2 Å². The lowest BCUT2D eigenvalue weighted by molar-refractivity contribution is -0.122. The average molecular weight is 498 g/mol. The zero-order valence-corrected chi connectivity index (χ0v) is 20.2. The number of hydrogen-bond acceptors (Lipinski definition) is 7. The molecule has 174 valence electrons. The molecule has 11 heteroatoms. The smallest absolute Gasteiger partial charge is 0.288 e. The van der Waals surface area contributed by atoms with Crippen molar-refractivity contribution >= 4 is 62.5 Å². The van der Waals surface area contributed by atoms with Crippen LogP contribution in [0, 0.1) is 5.92 Å². The van der Waals surface area contributed by atoms with E-state index in [9.17, 15) is 22.6 Å². The molecule has 0 spiro atoms. The van der Waals surface area contributed by atoms with E-state index in [1.165, 1.54) is 25.7 Å². The highest BCUT2D eigenvalue weighted by Crippen LogP contribution is 2.33. The topological polar surface area (TPSA) is 107 Å². The standard InChI is InChI=1S/C21H27N3O5S3/c1-2-3-15-8-10-23(11-9-15)17-6-4-16(5-7-17)12-18-20(26)24(21(30)31-18)13-19(22-14-25)32(27,28)29/h4-7,12,14-15,19H,2-3,8-11,13H2,1H3,(H,22,25)(H,27,28,29). The molecule has 0 aliphatic carbocycles. The number of thiocarbonyl (C=S) groups is 1. The third-order valence-corrected chi connectivity index (χ3v) is 8.08. The second-order valence-electron chi connectivity index (χ2n) is 7.89. The van der Waals surface area contributed by atoms with Gasteiger partial charge in [0.25, 0.3) is 16.0 Å². The van der Waals surface area contributed by atoms with Crippen molar-refractivity contribution in [3.63, 3.8) is 0 Å². The lowest BCUT2D eigenvalue weighted by Gasteiger charge is -2.33. The van der Waals surface area contributed by atoms with E-state index in [1.807, 2.05) is 29.6 Å². The van der Waals surface area contributed by atoms with Crippen molar-refractivity contribution in [2.75, 3.05) is 24.5 Å². The van der Waals surface area contributed by atoms with Crippen molar-refractivity contribution in [3.8, 4) is 0 Å². The van der Waals surface area contributed by atoms with E-state index in [-0.39, 0.29) is 10.7 Å². The molecule has 2 aliphatic heterocycles. The first kappa shape index (κ1) is 24.7. The monoisotopic (exact) mass is 497 g/mol. The number of thioether (sulfide) groups is 1. The minimum Gasteiger partial charge on any atom is -0.372 e. The fourth-order valence-electron chi connectivity index (χ4n) is 3.95. The maximum atomic E-state index is 12.7. The van der Waals surface area contributed by atoms with Crippen molar-refractivity contribution < 1.29 is 22.6 Å². The van der Waals surface area contributed by atoms with Gasteiger partial charge in [-0.15, -0.1) is 0 Å².